The van der Waals surface area contributed by atoms with Crippen LogP contribution in [0.15, 0.2) is 46.9 Å². The van der Waals surface area contributed by atoms with E-state index in [4.69, 9.17) is 10.5 Å². The molecule has 1 heterocycles. The van der Waals surface area contributed by atoms with E-state index in [2.05, 4.69) is 31.6 Å². The van der Waals surface area contributed by atoms with Gasteiger partial charge in [0.2, 0.25) is 0 Å². The summed E-state index contributed by atoms with van der Waals surface area (Å²) in [5, 5.41) is 10.4. The lowest BCUT2D eigenvalue weighted by atomic mass is 10.2. The third-order valence-corrected chi connectivity index (χ3v) is 4.15. The van der Waals surface area contributed by atoms with Crippen molar-refractivity contribution in [2.75, 3.05) is 18.2 Å². The van der Waals surface area contributed by atoms with Crippen LogP contribution < -0.4 is 15.8 Å². The first-order chi connectivity index (χ1) is 12.5. The van der Waals surface area contributed by atoms with Gasteiger partial charge in [-0.05, 0) is 42.5 Å². The molecule has 3 rings (SSSR count). The van der Waals surface area contributed by atoms with Crippen LogP contribution in [0.25, 0.3) is 0 Å². The standard InChI is InChI=1S/C17H15BrFN5O2/c1-26-14-7-2-11(18)8-10(14)9-24-16(20)15(22-23-24)17(25)21-13-5-3-12(19)4-6-13/h2-8H,9,20H2,1H3,(H,21,25). The molecule has 0 aliphatic carbocycles. The van der Waals surface area contributed by atoms with Crippen molar-refractivity contribution in [1.29, 1.82) is 0 Å². The molecule has 0 aliphatic heterocycles. The Morgan fingerprint density at radius 1 is 1.31 bits per heavy atom. The smallest absolute Gasteiger partial charge is 0.280 e. The summed E-state index contributed by atoms with van der Waals surface area (Å²) >= 11 is 3.41. The number of anilines is 2. The number of hydrogen-bond donors (Lipinski definition) is 2. The minimum Gasteiger partial charge on any atom is -0.496 e. The maximum Gasteiger partial charge on any atom is 0.280 e. The largest absolute Gasteiger partial charge is 0.496 e. The zero-order chi connectivity index (χ0) is 18.7. The highest BCUT2D eigenvalue weighted by molar-refractivity contribution is 9.10. The van der Waals surface area contributed by atoms with E-state index in [9.17, 15) is 9.18 Å². The summed E-state index contributed by atoms with van der Waals surface area (Å²) in [6.07, 6.45) is 0. The van der Waals surface area contributed by atoms with Gasteiger partial charge in [0.25, 0.3) is 5.91 Å². The summed E-state index contributed by atoms with van der Waals surface area (Å²) in [7, 11) is 1.57. The zero-order valence-corrected chi connectivity index (χ0v) is 15.3. The van der Waals surface area contributed by atoms with Crippen LogP contribution in [0.3, 0.4) is 0 Å². The molecule has 0 saturated carbocycles. The molecule has 0 fully saturated rings. The van der Waals surface area contributed by atoms with E-state index in [1.807, 2.05) is 18.2 Å². The number of halogens is 2. The van der Waals surface area contributed by atoms with Crippen molar-refractivity contribution in [2.45, 2.75) is 6.54 Å². The Morgan fingerprint density at radius 2 is 2.04 bits per heavy atom. The number of rotatable bonds is 5. The zero-order valence-electron chi connectivity index (χ0n) is 13.7. The quantitative estimate of drug-likeness (QED) is 0.662. The second-order valence-corrected chi connectivity index (χ2v) is 6.31. The van der Waals surface area contributed by atoms with E-state index in [-0.39, 0.29) is 18.1 Å². The predicted molar refractivity (Wildman–Crippen MR) is 98.6 cm³/mol. The number of hydrogen-bond acceptors (Lipinski definition) is 5. The lowest BCUT2D eigenvalue weighted by Crippen LogP contribution is -2.15. The Morgan fingerprint density at radius 3 is 2.73 bits per heavy atom. The number of carbonyl (C=O) groups is 1. The fraction of sp³-hybridized carbons (Fsp3) is 0.118. The van der Waals surface area contributed by atoms with Gasteiger partial charge < -0.3 is 15.8 Å². The Bertz CT molecular complexity index is 943. The SMILES string of the molecule is COc1ccc(Br)cc1Cn1nnc(C(=O)Nc2ccc(F)cc2)c1N. The molecule has 2 aromatic carbocycles. The van der Waals surface area contributed by atoms with Gasteiger partial charge in [-0.25, -0.2) is 9.07 Å². The third-order valence-electron chi connectivity index (χ3n) is 3.65. The van der Waals surface area contributed by atoms with Crippen LogP contribution in [-0.4, -0.2) is 28.0 Å². The van der Waals surface area contributed by atoms with Crippen molar-refractivity contribution in [3.63, 3.8) is 0 Å². The lowest BCUT2D eigenvalue weighted by Gasteiger charge is -2.10. The van der Waals surface area contributed by atoms with Gasteiger partial charge in [0, 0.05) is 15.7 Å². The van der Waals surface area contributed by atoms with Gasteiger partial charge in [0.05, 0.1) is 13.7 Å². The Kier molecular flexibility index (Phi) is 5.17. The first-order valence-electron chi connectivity index (χ1n) is 7.56. The molecule has 0 aliphatic rings. The fourth-order valence-electron chi connectivity index (χ4n) is 2.35. The molecule has 7 nitrogen and oxygen atoms in total. The van der Waals surface area contributed by atoms with Crippen LogP contribution in [-0.2, 0) is 6.54 Å². The highest BCUT2D eigenvalue weighted by Gasteiger charge is 2.18. The lowest BCUT2D eigenvalue weighted by molar-refractivity contribution is 0.102. The number of benzene rings is 2. The van der Waals surface area contributed by atoms with Crippen molar-refractivity contribution in [2.24, 2.45) is 0 Å². The van der Waals surface area contributed by atoms with Gasteiger partial charge in [-0.1, -0.05) is 21.1 Å². The maximum absolute atomic E-state index is 12.9. The molecule has 0 spiro atoms. The van der Waals surface area contributed by atoms with E-state index in [1.165, 1.54) is 28.9 Å². The molecule has 3 aromatic rings. The topological polar surface area (TPSA) is 95.1 Å². The van der Waals surface area contributed by atoms with Crippen molar-refractivity contribution in [1.82, 2.24) is 15.0 Å². The van der Waals surface area contributed by atoms with Gasteiger partial charge in [0.15, 0.2) is 11.5 Å². The summed E-state index contributed by atoms with van der Waals surface area (Å²) in [6, 6.07) is 10.9. The molecular weight excluding hydrogens is 405 g/mol. The summed E-state index contributed by atoms with van der Waals surface area (Å²) in [5.74, 6) is -0.134. The summed E-state index contributed by atoms with van der Waals surface area (Å²) in [4.78, 5) is 12.3. The predicted octanol–water partition coefficient (Wildman–Crippen LogP) is 3.07. The number of aromatic nitrogens is 3. The third kappa shape index (κ3) is 3.83. The molecule has 1 aromatic heterocycles. The number of nitrogens with one attached hydrogen (secondary N) is 1. The second kappa shape index (κ2) is 7.52. The number of nitrogens with zero attached hydrogens (tertiary/aromatic N) is 3. The summed E-state index contributed by atoms with van der Waals surface area (Å²) in [6.45, 7) is 0.283. The number of nitrogens with two attached hydrogens (primary N) is 1. The van der Waals surface area contributed by atoms with Crippen LogP contribution in [0.4, 0.5) is 15.9 Å². The first kappa shape index (κ1) is 17.9. The minimum absolute atomic E-state index is 0.0108. The average molecular weight is 420 g/mol. The number of ether oxygens (including phenoxy) is 1. The van der Waals surface area contributed by atoms with Gasteiger partial charge in [-0.2, -0.15) is 0 Å². The molecule has 0 saturated heterocycles. The van der Waals surface area contributed by atoms with E-state index in [0.29, 0.717) is 11.4 Å². The molecule has 134 valence electrons. The van der Waals surface area contributed by atoms with Crippen molar-refractivity contribution < 1.29 is 13.9 Å². The normalized spacial score (nSPS) is 10.6. The van der Waals surface area contributed by atoms with Crippen molar-refractivity contribution in [3.05, 3.63) is 64.0 Å². The number of nitrogen functional groups attached to an aromatic ring is 1. The molecule has 9 heteroatoms. The molecule has 0 unspecified atom stereocenters. The maximum atomic E-state index is 12.9. The molecule has 0 radical (unpaired) electrons. The monoisotopic (exact) mass is 419 g/mol. The number of carbonyl (C=O) groups excluding carboxylic acids is 1. The molecule has 0 bridgehead atoms. The Labute approximate surface area is 157 Å². The summed E-state index contributed by atoms with van der Waals surface area (Å²) < 4.78 is 20.5. The molecule has 26 heavy (non-hydrogen) atoms. The Hall–Kier alpha value is -2.94. The molecular formula is C17H15BrFN5O2. The average Bonchev–Trinajstić information content (AvgIpc) is 2.98. The van der Waals surface area contributed by atoms with Crippen LogP contribution in [0.5, 0.6) is 5.75 Å². The van der Waals surface area contributed by atoms with Crippen LogP contribution in [0.2, 0.25) is 0 Å². The van der Waals surface area contributed by atoms with Gasteiger partial charge in [-0.15, -0.1) is 5.10 Å². The van der Waals surface area contributed by atoms with Crippen molar-refractivity contribution in [3.8, 4) is 5.75 Å². The highest BCUT2D eigenvalue weighted by Crippen LogP contribution is 2.24. The van der Waals surface area contributed by atoms with Crippen molar-refractivity contribution >= 4 is 33.3 Å². The molecule has 1 amide bonds. The van der Waals surface area contributed by atoms with Gasteiger partial charge in [0.1, 0.15) is 11.6 Å². The van der Waals surface area contributed by atoms with E-state index < -0.39 is 11.7 Å². The first-order valence-corrected chi connectivity index (χ1v) is 8.35. The molecule has 0 atom stereocenters. The van der Waals surface area contributed by atoms with Gasteiger partial charge in [-0.3, -0.25) is 4.79 Å². The van der Waals surface area contributed by atoms with Crippen LogP contribution in [0.1, 0.15) is 16.1 Å². The van der Waals surface area contributed by atoms with E-state index in [0.717, 1.165) is 10.0 Å². The molecule has 3 N–H and O–H groups in total. The van der Waals surface area contributed by atoms with E-state index in [1.54, 1.807) is 7.11 Å². The minimum atomic E-state index is -0.526. The highest BCUT2D eigenvalue weighted by atomic mass is 79.9. The van der Waals surface area contributed by atoms with Crippen LogP contribution in [0, 0.1) is 5.82 Å². The fourth-order valence-corrected chi connectivity index (χ4v) is 2.76. The van der Waals surface area contributed by atoms with Gasteiger partial charge >= 0.3 is 0 Å². The van der Waals surface area contributed by atoms with Crippen LogP contribution >= 0.6 is 15.9 Å². The number of amides is 1. The van der Waals surface area contributed by atoms with E-state index >= 15 is 0 Å². The Balaban J connectivity index is 1.80. The second-order valence-electron chi connectivity index (χ2n) is 5.40. The summed E-state index contributed by atoms with van der Waals surface area (Å²) in [5.41, 5.74) is 7.27. The number of methoxy groups -OCH3 is 1.